The zero-order valence-corrected chi connectivity index (χ0v) is 17.0. The molecule has 0 saturated carbocycles. The Morgan fingerprint density at radius 3 is 2.89 bits per heavy atom. The molecule has 28 heavy (non-hydrogen) atoms. The topological polar surface area (TPSA) is 118 Å². The van der Waals surface area contributed by atoms with E-state index in [0.29, 0.717) is 12.2 Å². The maximum Gasteiger partial charge on any atom is 0.353 e. The van der Waals surface area contributed by atoms with Gasteiger partial charge in [0.05, 0.1) is 18.1 Å². The minimum absolute atomic E-state index is 0.0730. The fourth-order valence-corrected chi connectivity index (χ4v) is 6.59. The van der Waals surface area contributed by atoms with Gasteiger partial charge in [0, 0.05) is 34.5 Å². The molecule has 10 heteroatoms. The first-order chi connectivity index (χ1) is 13.3. The maximum absolute atomic E-state index is 12.4. The van der Waals surface area contributed by atoms with Crippen LogP contribution in [-0.2, 0) is 9.59 Å². The number of amides is 1. The molecule has 0 bridgehead atoms. The van der Waals surface area contributed by atoms with Crippen molar-refractivity contribution < 1.29 is 19.8 Å². The van der Waals surface area contributed by atoms with Gasteiger partial charge < -0.3 is 20.0 Å². The number of aliphatic hydroxyl groups is 1. The average molecular weight is 421 g/mol. The van der Waals surface area contributed by atoms with E-state index < -0.39 is 18.0 Å². The van der Waals surface area contributed by atoms with Crippen LogP contribution >= 0.6 is 23.1 Å². The van der Waals surface area contributed by atoms with E-state index >= 15 is 0 Å². The van der Waals surface area contributed by atoms with E-state index in [1.54, 1.807) is 12.3 Å². The van der Waals surface area contributed by atoms with Gasteiger partial charge in [-0.1, -0.05) is 6.92 Å². The first kappa shape index (κ1) is 19.2. The predicted octanol–water partition coefficient (Wildman–Crippen LogP) is 1.48. The number of hydrogen-bond acceptors (Lipinski definition) is 8. The molecule has 2 N–H and O–H groups in total. The lowest BCUT2D eigenvalue weighted by Gasteiger charge is -2.46. The number of hydrogen-bond donors (Lipinski definition) is 2. The van der Waals surface area contributed by atoms with Crippen molar-refractivity contribution in [2.24, 2.45) is 11.8 Å². The standard InChI is InChI=1S/C18H20N4O4S2/c1-8-13-12(9(2)23)16(24)22(13)14(17(25)26)15(8)28-11-3-4-21(6-11)18-20-10(5-19)7-27-18/h7-9,11-13,23H,3-4,6H2,1-2H3,(H,25,26)/t8-,9-,11+,12-,13-/m1/s1. The van der Waals surface area contributed by atoms with Gasteiger partial charge in [0.2, 0.25) is 5.91 Å². The van der Waals surface area contributed by atoms with Gasteiger partial charge >= 0.3 is 5.97 Å². The monoisotopic (exact) mass is 420 g/mol. The van der Waals surface area contributed by atoms with Crippen LogP contribution in [0.25, 0.3) is 0 Å². The highest BCUT2D eigenvalue weighted by Crippen LogP contribution is 2.52. The number of rotatable bonds is 5. The fraction of sp³-hybridized carbons (Fsp3) is 0.556. The number of nitrogens with zero attached hydrogens (tertiary/aromatic N) is 4. The van der Waals surface area contributed by atoms with E-state index in [1.165, 1.54) is 28.0 Å². The Kier molecular flexibility index (Phi) is 4.85. The summed E-state index contributed by atoms with van der Waals surface area (Å²) in [4.78, 5) is 32.8. The summed E-state index contributed by atoms with van der Waals surface area (Å²) >= 11 is 2.96. The lowest BCUT2D eigenvalue weighted by molar-refractivity contribution is -0.163. The zero-order valence-electron chi connectivity index (χ0n) is 15.4. The second kappa shape index (κ2) is 7.06. The molecule has 0 radical (unpaired) electrons. The van der Waals surface area contributed by atoms with E-state index in [9.17, 15) is 19.8 Å². The van der Waals surface area contributed by atoms with Crippen molar-refractivity contribution in [3.8, 4) is 6.07 Å². The van der Waals surface area contributed by atoms with Crippen LogP contribution in [0.3, 0.4) is 0 Å². The molecular weight excluding hydrogens is 400 g/mol. The van der Waals surface area contributed by atoms with Gasteiger partial charge in [0.1, 0.15) is 11.8 Å². The van der Waals surface area contributed by atoms with Crippen molar-refractivity contribution >= 4 is 40.1 Å². The van der Waals surface area contributed by atoms with Crippen LogP contribution in [0, 0.1) is 23.2 Å². The minimum Gasteiger partial charge on any atom is -0.477 e. The molecule has 3 aliphatic heterocycles. The minimum atomic E-state index is -1.09. The molecule has 2 saturated heterocycles. The third-order valence-electron chi connectivity index (χ3n) is 5.63. The van der Waals surface area contributed by atoms with Crippen LogP contribution in [0.1, 0.15) is 26.0 Å². The number of anilines is 1. The van der Waals surface area contributed by atoms with Gasteiger partial charge in [-0.15, -0.1) is 23.1 Å². The summed E-state index contributed by atoms with van der Waals surface area (Å²) in [5.74, 6) is -2.06. The number of aliphatic hydroxyl groups excluding tert-OH is 1. The average Bonchev–Trinajstić information content (AvgIpc) is 3.33. The Morgan fingerprint density at radius 1 is 1.54 bits per heavy atom. The number of carboxylic acids is 1. The van der Waals surface area contributed by atoms with E-state index in [2.05, 4.69) is 9.88 Å². The second-order valence-corrected chi connectivity index (χ2v) is 9.55. The van der Waals surface area contributed by atoms with Gasteiger partial charge in [-0.05, 0) is 13.3 Å². The molecule has 4 heterocycles. The summed E-state index contributed by atoms with van der Waals surface area (Å²) in [6.07, 6.45) is 0.0741. The van der Waals surface area contributed by atoms with Crippen LogP contribution in [0.2, 0.25) is 0 Å². The smallest absolute Gasteiger partial charge is 0.353 e. The quantitative estimate of drug-likeness (QED) is 0.688. The van der Waals surface area contributed by atoms with Gasteiger partial charge in [0.15, 0.2) is 10.8 Å². The molecule has 148 valence electrons. The molecule has 8 nitrogen and oxygen atoms in total. The Balaban J connectivity index is 1.52. The summed E-state index contributed by atoms with van der Waals surface area (Å²) in [5.41, 5.74) is 0.479. The number of aromatic nitrogens is 1. The molecule has 0 unspecified atom stereocenters. The van der Waals surface area contributed by atoms with Gasteiger partial charge in [0.25, 0.3) is 0 Å². The number of carboxylic acid groups (broad SMARTS) is 1. The zero-order chi connectivity index (χ0) is 20.2. The van der Waals surface area contributed by atoms with Gasteiger partial charge in [-0.3, -0.25) is 4.79 Å². The third-order valence-corrected chi connectivity index (χ3v) is 8.07. The van der Waals surface area contributed by atoms with Crippen molar-refractivity contribution in [3.63, 3.8) is 0 Å². The summed E-state index contributed by atoms with van der Waals surface area (Å²) in [6, 6.07) is 1.75. The summed E-state index contributed by atoms with van der Waals surface area (Å²) in [7, 11) is 0. The van der Waals surface area contributed by atoms with Crippen molar-refractivity contribution in [2.75, 3.05) is 18.0 Å². The highest BCUT2D eigenvalue weighted by atomic mass is 32.2. The van der Waals surface area contributed by atoms with Crippen LogP contribution in [0.4, 0.5) is 5.13 Å². The summed E-state index contributed by atoms with van der Waals surface area (Å²) in [6.45, 7) is 5.02. The number of carbonyl (C=O) groups excluding carboxylic acids is 1. The van der Waals surface area contributed by atoms with E-state index in [0.717, 1.165) is 23.0 Å². The maximum atomic E-state index is 12.4. The van der Waals surface area contributed by atoms with E-state index in [4.69, 9.17) is 5.26 Å². The number of fused-ring (bicyclic) bond motifs is 1. The Bertz CT molecular complexity index is 906. The fourth-order valence-electron chi connectivity index (χ4n) is 4.32. The van der Waals surface area contributed by atoms with Crippen molar-refractivity contribution in [2.45, 2.75) is 37.7 Å². The highest BCUT2D eigenvalue weighted by molar-refractivity contribution is 8.03. The van der Waals surface area contributed by atoms with Crippen molar-refractivity contribution in [1.29, 1.82) is 5.26 Å². The molecule has 0 aromatic carbocycles. The Morgan fingerprint density at radius 2 is 2.29 bits per heavy atom. The van der Waals surface area contributed by atoms with E-state index in [1.807, 2.05) is 13.0 Å². The van der Waals surface area contributed by atoms with Crippen molar-refractivity contribution in [1.82, 2.24) is 9.88 Å². The largest absolute Gasteiger partial charge is 0.477 e. The lowest BCUT2D eigenvalue weighted by atomic mass is 9.79. The number of thiazole rings is 1. The van der Waals surface area contributed by atoms with Crippen LogP contribution in [0.5, 0.6) is 0 Å². The number of aliphatic carboxylic acids is 1. The molecule has 1 amide bonds. The first-order valence-electron chi connectivity index (χ1n) is 9.09. The molecule has 1 aromatic rings. The Hall–Kier alpha value is -2.09. The lowest BCUT2D eigenvalue weighted by Crippen LogP contribution is -2.63. The molecule has 1 aromatic heterocycles. The van der Waals surface area contributed by atoms with Crippen LogP contribution in [0.15, 0.2) is 16.0 Å². The molecular formula is C18H20N4O4S2. The normalized spacial score (nSPS) is 30.3. The molecule has 4 rings (SSSR count). The van der Waals surface area contributed by atoms with Gasteiger partial charge in [-0.25, -0.2) is 9.78 Å². The SMILES string of the molecule is C[C@@H](O)[C@H]1C(=O)N2C(C(=O)O)=C(S[C@H]3CCN(c4nc(C#N)cs4)C3)[C@H](C)[C@H]12. The van der Waals surface area contributed by atoms with Crippen LogP contribution in [-0.4, -0.2) is 62.5 Å². The van der Waals surface area contributed by atoms with Crippen molar-refractivity contribution in [3.05, 3.63) is 21.7 Å². The van der Waals surface area contributed by atoms with Gasteiger partial charge in [-0.2, -0.15) is 5.26 Å². The molecule has 0 aliphatic carbocycles. The number of β-lactam (4-membered cyclic amide) rings is 1. The highest BCUT2D eigenvalue weighted by Gasteiger charge is 2.60. The number of carbonyl (C=O) groups is 2. The predicted molar refractivity (Wildman–Crippen MR) is 105 cm³/mol. The van der Waals surface area contributed by atoms with E-state index in [-0.39, 0.29) is 28.8 Å². The molecule has 5 atom stereocenters. The first-order valence-corrected chi connectivity index (χ1v) is 10.8. The molecule has 2 fully saturated rings. The number of thioether (sulfide) groups is 1. The number of nitriles is 1. The summed E-state index contributed by atoms with van der Waals surface area (Å²) < 4.78 is 0. The molecule has 3 aliphatic rings. The summed E-state index contributed by atoms with van der Waals surface area (Å²) in [5, 5.41) is 31.3. The molecule has 0 spiro atoms. The third kappa shape index (κ3) is 2.89. The second-order valence-electron chi connectivity index (χ2n) is 7.37. The Labute approximate surface area is 170 Å². The van der Waals surface area contributed by atoms with Crippen LogP contribution < -0.4 is 4.90 Å².